The lowest BCUT2D eigenvalue weighted by molar-refractivity contribution is -0.158. The maximum atomic E-state index is 14.8. The standard InChI is InChI=1S/C61H81N3O12/c1-37(2)45(57(71)73-12)32-50(65)49(29-30-54(69)76-61(10,11)40-22-14-13-15-23-40)64-56(70)46(39(4)75-59(5,6)7)33-51(66)48(63-38(3)55-52(67)34-60(8,9)35-53(55)68)28-20-21-31-62-58(72)74-36-47-43-26-18-16-24-41(43)42-25-17-19-27-44(42)47/h13-19,22-27,37,39,45-49,67H,20-21,28-36H2,1-12H3,(H,62,72)(H,64,70)/t39?,45?,46?,48-,49-/m0/s1. The molecule has 3 unspecified atom stereocenters. The molecule has 0 aliphatic heterocycles. The zero-order chi connectivity index (χ0) is 56.1. The topological polar surface area (TPSA) is 213 Å². The number of unbranched alkanes of at least 4 members (excludes halogenated alkanes) is 1. The minimum atomic E-state index is -1.28. The molecule has 3 aromatic carbocycles. The van der Waals surface area contributed by atoms with Crippen molar-refractivity contribution >= 4 is 47.0 Å². The largest absolute Gasteiger partial charge is 0.511 e. The SMILES string of the molecule is COC(=O)C(CC(=O)[C@H](CCC(=O)OC(C)(C)c1ccccc1)NC(=O)C(CC(=O)[C@H](CCCCNC(=O)OCC1c2ccccc2-c2ccccc21)N=C(C)C1=C(O)CC(C)(C)CC1=O)C(C)OC(C)(C)C)C(C)C. The van der Waals surface area contributed by atoms with Crippen LogP contribution in [0.1, 0.15) is 157 Å². The Morgan fingerprint density at radius 1 is 0.789 bits per heavy atom. The fraction of sp³-hybridized carbons (Fsp3) is 0.541. The van der Waals surface area contributed by atoms with Crippen molar-refractivity contribution in [2.45, 2.75) is 169 Å². The first-order valence-corrected chi connectivity index (χ1v) is 26.7. The number of carbonyl (C=O) groups excluding carboxylic acids is 7. The molecule has 0 aromatic heterocycles. The van der Waals surface area contributed by atoms with Crippen LogP contribution in [0.15, 0.2) is 95.2 Å². The molecule has 3 N–H and O–H groups in total. The van der Waals surface area contributed by atoms with E-state index in [1.54, 1.807) is 41.5 Å². The summed E-state index contributed by atoms with van der Waals surface area (Å²) in [5.41, 5.74) is 3.17. The van der Waals surface area contributed by atoms with Crippen LogP contribution in [-0.2, 0) is 53.3 Å². The Bertz CT molecular complexity index is 2580. The van der Waals surface area contributed by atoms with Crippen LogP contribution in [0.25, 0.3) is 11.1 Å². The number of aliphatic imine (C=N–C) groups is 1. The molecule has 5 atom stereocenters. The van der Waals surface area contributed by atoms with E-state index in [9.17, 15) is 38.7 Å². The number of amides is 2. The fourth-order valence-corrected chi connectivity index (χ4v) is 10.3. The van der Waals surface area contributed by atoms with Gasteiger partial charge in [-0.3, -0.25) is 33.8 Å². The predicted octanol–water partition coefficient (Wildman–Crippen LogP) is 10.7. The first kappa shape index (κ1) is 60.4. The second-order valence-electron chi connectivity index (χ2n) is 22.9. The van der Waals surface area contributed by atoms with Crippen molar-refractivity contribution in [3.05, 3.63) is 107 Å². The minimum absolute atomic E-state index is 0.0615. The van der Waals surface area contributed by atoms with Crippen LogP contribution in [0.5, 0.6) is 0 Å². The number of aliphatic hydroxyl groups is 1. The van der Waals surface area contributed by atoms with Gasteiger partial charge in [-0.1, -0.05) is 107 Å². The molecule has 0 radical (unpaired) electrons. The number of nitrogens with zero attached hydrogens (tertiary/aromatic N) is 1. The normalized spacial score (nSPS) is 16.6. The van der Waals surface area contributed by atoms with E-state index in [0.29, 0.717) is 12.8 Å². The molecule has 76 heavy (non-hydrogen) atoms. The summed E-state index contributed by atoms with van der Waals surface area (Å²) >= 11 is 0. The Hall–Kier alpha value is -6.48. The van der Waals surface area contributed by atoms with Gasteiger partial charge in [0.1, 0.15) is 24.0 Å². The Labute approximate surface area is 449 Å². The molecular formula is C61H81N3O12. The monoisotopic (exact) mass is 1050 g/mol. The third-order valence-electron chi connectivity index (χ3n) is 14.2. The first-order valence-electron chi connectivity index (χ1n) is 26.7. The number of nitrogens with one attached hydrogen (secondary N) is 2. The molecule has 0 bridgehead atoms. The molecule has 15 heteroatoms. The maximum absolute atomic E-state index is 14.8. The van der Waals surface area contributed by atoms with E-state index in [1.165, 1.54) is 7.11 Å². The molecule has 2 aliphatic rings. The Balaban J connectivity index is 1.35. The van der Waals surface area contributed by atoms with Gasteiger partial charge >= 0.3 is 18.0 Å². The molecule has 3 aromatic rings. The number of allylic oxidation sites excluding steroid dienone is 2. The molecule has 0 heterocycles. The average molecular weight is 1050 g/mol. The van der Waals surface area contributed by atoms with Crippen LogP contribution >= 0.6 is 0 Å². The third kappa shape index (κ3) is 16.8. The van der Waals surface area contributed by atoms with E-state index in [4.69, 9.17) is 23.9 Å². The van der Waals surface area contributed by atoms with Crippen LogP contribution in [0.4, 0.5) is 4.79 Å². The number of ketones is 3. The van der Waals surface area contributed by atoms with Crippen molar-refractivity contribution in [3.63, 3.8) is 0 Å². The summed E-state index contributed by atoms with van der Waals surface area (Å²) in [4.78, 5) is 102. The molecule has 0 fully saturated rings. The van der Waals surface area contributed by atoms with Gasteiger partial charge < -0.3 is 34.7 Å². The summed E-state index contributed by atoms with van der Waals surface area (Å²) in [6.07, 6.45) is -1.22. The van der Waals surface area contributed by atoms with E-state index in [0.717, 1.165) is 27.8 Å². The third-order valence-corrected chi connectivity index (χ3v) is 14.2. The highest BCUT2D eigenvalue weighted by Crippen LogP contribution is 2.44. The molecule has 5 rings (SSSR count). The number of esters is 2. The Morgan fingerprint density at radius 2 is 1.38 bits per heavy atom. The molecule has 15 nitrogen and oxygen atoms in total. The molecule has 2 amide bonds. The number of carbonyl (C=O) groups is 7. The molecule has 0 saturated carbocycles. The van der Waals surface area contributed by atoms with Gasteiger partial charge in [-0.2, -0.15) is 0 Å². The molecule has 412 valence electrons. The van der Waals surface area contributed by atoms with Gasteiger partial charge in [0.15, 0.2) is 17.3 Å². The lowest BCUT2D eigenvalue weighted by Gasteiger charge is -2.32. The van der Waals surface area contributed by atoms with Gasteiger partial charge in [0.05, 0.1) is 42.3 Å². The van der Waals surface area contributed by atoms with Crippen LogP contribution in [0.2, 0.25) is 0 Å². The second kappa shape index (κ2) is 26.5. The molecule has 2 aliphatic carbocycles. The summed E-state index contributed by atoms with van der Waals surface area (Å²) in [5.74, 6) is -5.72. The van der Waals surface area contributed by atoms with Gasteiger partial charge in [-0.15, -0.1) is 0 Å². The van der Waals surface area contributed by atoms with E-state index < -0.39 is 88.6 Å². The smallest absolute Gasteiger partial charge is 0.407 e. The lowest BCUT2D eigenvalue weighted by Crippen LogP contribution is -2.49. The first-order chi connectivity index (χ1) is 35.7. The zero-order valence-electron chi connectivity index (χ0n) is 46.7. The number of Topliss-reactive ketones (excluding diaryl/α,β-unsaturated/α-hetero) is 3. The number of benzene rings is 3. The van der Waals surface area contributed by atoms with Crippen molar-refractivity contribution in [1.82, 2.24) is 10.6 Å². The fourth-order valence-electron chi connectivity index (χ4n) is 10.3. The summed E-state index contributed by atoms with van der Waals surface area (Å²) in [6.45, 7) is 19.9. The van der Waals surface area contributed by atoms with Gasteiger partial charge in [-0.25, -0.2) is 4.79 Å². The van der Waals surface area contributed by atoms with E-state index >= 15 is 0 Å². The quantitative estimate of drug-likeness (QED) is 0.0297. The van der Waals surface area contributed by atoms with Gasteiger partial charge in [-0.05, 0) is 113 Å². The highest BCUT2D eigenvalue weighted by Gasteiger charge is 2.39. The lowest BCUT2D eigenvalue weighted by atomic mass is 9.75. The van der Waals surface area contributed by atoms with Crippen LogP contribution in [0.3, 0.4) is 0 Å². The highest BCUT2D eigenvalue weighted by molar-refractivity contribution is 6.22. The Morgan fingerprint density at radius 3 is 1.96 bits per heavy atom. The van der Waals surface area contributed by atoms with Crippen molar-refractivity contribution < 1.29 is 57.6 Å². The number of ether oxygens (including phenoxy) is 4. The number of aliphatic hydroxyl groups excluding tert-OH is 1. The predicted molar refractivity (Wildman–Crippen MR) is 292 cm³/mol. The van der Waals surface area contributed by atoms with E-state index in [1.807, 2.05) is 101 Å². The number of fused-ring (bicyclic) bond motifs is 3. The van der Waals surface area contributed by atoms with Crippen LogP contribution in [0, 0.1) is 23.2 Å². The summed E-state index contributed by atoms with van der Waals surface area (Å²) in [7, 11) is 1.24. The van der Waals surface area contributed by atoms with Crippen molar-refractivity contribution in [1.29, 1.82) is 0 Å². The number of hydrogen-bond acceptors (Lipinski definition) is 13. The number of hydrogen-bond donors (Lipinski definition) is 3. The molecule has 0 saturated heterocycles. The van der Waals surface area contributed by atoms with Crippen LogP contribution < -0.4 is 10.6 Å². The second-order valence-corrected chi connectivity index (χ2v) is 22.9. The molecule has 0 spiro atoms. The number of rotatable bonds is 26. The van der Waals surface area contributed by atoms with Gasteiger partial charge in [0.2, 0.25) is 5.91 Å². The van der Waals surface area contributed by atoms with Gasteiger partial charge in [0, 0.05) is 50.3 Å². The van der Waals surface area contributed by atoms with Crippen molar-refractivity contribution in [2.24, 2.45) is 28.2 Å². The maximum Gasteiger partial charge on any atom is 0.407 e. The summed E-state index contributed by atoms with van der Waals surface area (Å²) in [6, 6.07) is 23.0. The minimum Gasteiger partial charge on any atom is -0.511 e. The summed E-state index contributed by atoms with van der Waals surface area (Å²) in [5, 5.41) is 16.8. The summed E-state index contributed by atoms with van der Waals surface area (Å²) < 4.78 is 23.0. The highest BCUT2D eigenvalue weighted by atomic mass is 16.6. The average Bonchev–Trinajstić information content (AvgIpc) is 3.66. The zero-order valence-corrected chi connectivity index (χ0v) is 46.7. The Kier molecular flexibility index (Phi) is 21.1. The van der Waals surface area contributed by atoms with Crippen molar-refractivity contribution in [2.75, 3.05) is 20.3 Å². The van der Waals surface area contributed by atoms with Crippen LogP contribution in [-0.4, -0.2) is 96.2 Å². The number of methoxy groups -OCH3 is 1. The van der Waals surface area contributed by atoms with E-state index in [-0.39, 0.29) is 86.3 Å². The van der Waals surface area contributed by atoms with Crippen molar-refractivity contribution in [3.8, 4) is 11.1 Å². The van der Waals surface area contributed by atoms with Gasteiger partial charge in [0.25, 0.3) is 0 Å². The number of alkyl carbamates (subject to hydrolysis) is 1. The van der Waals surface area contributed by atoms with E-state index in [2.05, 4.69) is 22.8 Å². The molecular weight excluding hydrogens is 967 g/mol.